The van der Waals surface area contributed by atoms with E-state index in [-0.39, 0.29) is 17.1 Å². The van der Waals surface area contributed by atoms with Gasteiger partial charge in [0.1, 0.15) is 0 Å². The molecule has 0 amide bonds. The maximum absolute atomic E-state index is 4.83. The zero-order valence-electron chi connectivity index (χ0n) is 9.09. The minimum absolute atomic E-state index is 0. The number of hydrogen-bond acceptors (Lipinski definition) is 4. The van der Waals surface area contributed by atoms with Crippen molar-refractivity contribution in [3.8, 4) is 0 Å². The molecule has 0 heterocycles. The van der Waals surface area contributed by atoms with Crippen LogP contribution in [0.5, 0.6) is 0 Å². The zero-order chi connectivity index (χ0) is 11.7. The van der Waals surface area contributed by atoms with Gasteiger partial charge in [-0.3, -0.25) is 10.9 Å². The summed E-state index contributed by atoms with van der Waals surface area (Å²) in [4.78, 5) is 0. The van der Waals surface area contributed by atoms with Gasteiger partial charge in [0.2, 0.25) is 0 Å². The predicted molar refractivity (Wildman–Crippen MR) is 71.2 cm³/mol. The van der Waals surface area contributed by atoms with Crippen molar-refractivity contribution in [2.45, 2.75) is 6.92 Å². The topological polar surface area (TPSA) is 72.8 Å². The monoisotopic (exact) mass is 309 g/mol. The molecular weight excluding hydrogens is 296 g/mol. The summed E-state index contributed by atoms with van der Waals surface area (Å²) in [5.74, 6) is 0. The van der Waals surface area contributed by atoms with Gasteiger partial charge in [0.15, 0.2) is 10.2 Å². The second kappa shape index (κ2) is 10.7. The molecule has 0 atom stereocenters. The largest absolute Gasteiger partial charge is 0.364 e. The van der Waals surface area contributed by atoms with E-state index in [2.05, 4.69) is 31.7 Å². The van der Waals surface area contributed by atoms with Crippen LogP contribution < -0.4 is 21.5 Å². The van der Waals surface area contributed by atoms with Gasteiger partial charge in [-0.1, -0.05) is 0 Å². The van der Waals surface area contributed by atoms with Crippen molar-refractivity contribution in [2.24, 2.45) is 10.2 Å². The second-order valence-electron chi connectivity index (χ2n) is 2.39. The first-order valence-corrected chi connectivity index (χ1v) is 4.94. The predicted octanol–water partition coefficient (Wildman–Crippen LogP) is -0.467. The van der Waals surface area contributed by atoms with Gasteiger partial charge in [-0.25, -0.2) is 0 Å². The van der Waals surface area contributed by atoms with E-state index in [1.807, 2.05) is 0 Å². The molecule has 0 aliphatic carbocycles. The molecule has 0 unspecified atom stereocenters. The number of nitrogens with zero attached hydrogens (tertiary/aromatic N) is 2. The Morgan fingerprint density at radius 3 is 2.06 bits per heavy atom. The number of hydrogen-bond donors (Lipinski definition) is 4. The van der Waals surface area contributed by atoms with Crippen LogP contribution in [-0.2, 0) is 17.1 Å². The average Bonchev–Trinajstić information content (AvgIpc) is 2.25. The molecule has 95 valence electrons. The standard InChI is InChI=1S/C7H14N6S2.Cu/c1-5(11-13-7(15)9-3)4-10-12-6(14)8-2;/h4H,1-3H3,(H2,8,12,14)(H2,9,13,15);. The summed E-state index contributed by atoms with van der Waals surface area (Å²) in [6.07, 6.45) is 1.52. The van der Waals surface area contributed by atoms with Crippen LogP contribution in [0.2, 0.25) is 0 Å². The Labute approximate surface area is 116 Å². The molecule has 9 heteroatoms. The van der Waals surface area contributed by atoms with Crippen LogP contribution in [0.3, 0.4) is 0 Å². The zero-order valence-corrected chi connectivity index (χ0v) is 11.7. The maximum atomic E-state index is 4.83. The van der Waals surface area contributed by atoms with Gasteiger partial charge in [-0.2, -0.15) is 10.2 Å². The number of hydrazone groups is 2. The van der Waals surface area contributed by atoms with Crippen LogP contribution in [0.1, 0.15) is 6.92 Å². The number of nitrogens with one attached hydrogen (secondary N) is 4. The molecule has 0 aromatic rings. The fourth-order valence-corrected chi connectivity index (χ4v) is 0.562. The van der Waals surface area contributed by atoms with E-state index >= 15 is 0 Å². The van der Waals surface area contributed by atoms with E-state index in [1.165, 1.54) is 6.21 Å². The Balaban J connectivity index is 0. The molecule has 0 aliphatic rings. The number of thiocarbonyl (C=S) groups is 2. The molecular formula is C7H14CuN6S2. The van der Waals surface area contributed by atoms with E-state index in [1.54, 1.807) is 21.0 Å². The maximum Gasteiger partial charge on any atom is 0.186 e. The summed E-state index contributed by atoms with van der Waals surface area (Å²) in [7, 11) is 3.42. The van der Waals surface area contributed by atoms with E-state index in [4.69, 9.17) is 24.4 Å². The van der Waals surface area contributed by atoms with Crippen molar-refractivity contribution in [3.05, 3.63) is 0 Å². The molecule has 0 aromatic heterocycles. The SMILES string of the molecule is CNC(=S)NN=CC(C)=NNC(=S)NC.[Cu]. The van der Waals surface area contributed by atoms with Crippen LogP contribution in [0.4, 0.5) is 0 Å². The first-order valence-electron chi connectivity index (χ1n) is 4.13. The molecule has 16 heavy (non-hydrogen) atoms. The molecule has 1 radical (unpaired) electrons. The van der Waals surface area contributed by atoms with Crippen molar-refractivity contribution >= 4 is 46.6 Å². The molecule has 0 bridgehead atoms. The van der Waals surface area contributed by atoms with Gasteiger partial charge in [-0.05, 0) is 31.4 Å². The van der Waals surface area contributed by atoms with Crippen LogP contribution in [0.25, 0.3) is 0 Å². The van der Waals surface area contributed by atoms with Gasteiger partial charge in [0.05, 0.1) is 11.9 Å². The van der Waals surface area contributed by atoms with Crippen LogP contribution >= 0.6 is 24.4 Å². The minimum Gasteiger partial charge on any atom is -0.364 e. The van der Waals surface area contributed by atoms with Crippen molar-refractivity contribution in [2.75, 3.05) is 14.1 Å². The third-order valence-corrected chi connectivity index (χ3v) is 1.80. The summed E-state index contributed by atoms with van der Waals surface area (Å²) >= 11 is 9.64. The molecule has 0 saturated carbocycles. The van der Waals surface area contributed by atoms with E-state index in [9.17, 15) is 0 Å². The number of rotatable bonds is 3. The van der Waals surface area contributed by atoms with E-state index < -0.39 is 0 Å². The average molecular weight is 310 g/mol. The Kier molecular flexibility index (Phi) is 11.8. The molecule has 0 rings (SSSR count). The molecule has 0 saturated heterocycles. The summed E-state index contributed by atoms with van der Waals surface area (Å²) in [5.41, 5.74) is 5.89. The van der Waals surface area contributed by atoms with Gasteiger partial charge < -0.3 is 10.6 Å². The molecule has 0 aliphatic heterocycles. The minimum atomic E-state index is 0. The molecule has 0 fully saturated rings. The summed E-state index contributed by atoms with van der Waals surface area (Å²) < 4.78 is 0. The van der Waals surface area contributed by atoms with Gasteiger partial charge >= 0.3 is 0 Å². The second-order valence-corrected chi connectivity index (χ2v) is 3.21. The van der Waals surface area contributed by atoms with Crippen LogP contribution in [0, 0.1) is 0 Å². The molecule has 6 nitrogen and oxygen atoms in total. The third-order valence-electron chi connectivity index (χ3n) is 1.21. The molecule has 0 spiro atoms. The van der Waals surface area contributed by atoms with Crippen molar-refractivity contribution < 1.29 is 17.1 Å². The first kappa shape index (κ1) is 17.6. The van der Waals surface area contributed by atoms with Gasteiger partial charge in [0.25, 0.3) is 0 Å². The quantitative estimate of drug-likeness (QED) is 0.245. The fourth-order valence-electron chi connectivity index (χ4n) is 0.464. The Morgan fingerprint density at radius 2 is 1.56 bits per heavy atom. The van der Waals surface area contributed by atoms with Crippen molar-refractivity contribution in [1.82, 2.24) is 21.5 Å². The Morgan fingerprint density at radius 1 is 1.06 bits per heavy atom. The third kappa shape index (κ3) is 9.78. The van der Waals surface area contributed by atoms with Gasteiger partial charge in [0, 0.05) is 31.2 Å². The Bertz CT molecular complexity index is 291. The van der Waals surface area contributed by atoms with Crippen LogP contribution in [0.15, 0.2) is 10.2 Å². The van der Waals surface area contributed by atoms with Crippen molar-refractivity contribution in [3.63, 3.8) is 0 Å². The smallest absolute Gasteiger partial charge is 0.186 e. The Hall–Kier alpha value is -0.761. The van der Waals surface area contributed by atoms with Gasteiger partial charge in [-0.15, -0.1) is 0 Å². The van der Waals surface area contributed by atoms with E-state index in [0.29, 0.717) is 15.9 Å². The normalized spacial score (nSPS) is 10.3. The van der Waals surface area contributed by atoms with Crippen molar-refractivity contribution in [1.29, 1.82) is 0 Å². The summed E-state index contributed by atoms with van der Waals surface area (Å²) in [6, 6.07) is 0. The van der Waals surface area contributed by atoms with E-state index in [0.717, 1.165) is 0 Å². The summed E-state index contributed by atoms with van der Waals surface area (Å²) in [6.45, 7) is 1.78. The fraction of sp³-hybridized carbons (Fsp3) is 0.429. The molecule has 4 N–H and O–H groups in total. The first-order chi connectivity index (χ1) is 7.10. The van der Waals surface area contributed by atoms with Crippen LogP contribution in [-0.4, -0.2) is 36.2 Å². The summed E-state index contributed by atoms with van der Waals surface area (Å²) in [5, 5.41) is 14.1. The molecule has 0 aromatic carbocycles.